The van der Waals surface area contributed by atoms with Gasteiger partial charge in [0.25, 0.3) is 0 Å². The summed E-state index contributed by atoms with van der Waals surface area (Å²) in [6.07, 6.45) is -0.874. The standard InChI is InChI=1S/C26H19F2N3O4.H2/c1-33-22-9-6-16(14-29-22)23-18-5-3-2-4-15(18)12-21(30-23)31-24(32)25(10-11-25)17-7-8-19-20(13-17)35-26(27,28)34-19;/h2-9,12-14H,10-11H2,1H3,(H,30,31,32);1H. The zero-order valence-electron chi connectivity index (χ0n) is 18.5. The minimum absolute atomic E-state index is 0. The Hall–Kier alpha value is -4.27. The number of benzene rings is 2. The van der Waals surface area contributed by atoms with E-state index in [1.807, 2.05) is 36.4 Å². The SMILES string of the molecule is COc1ccc(-c2nc(NC(=O)C3(c4ccc5c(c4)OC(F)(F)O5)CC3)cc3ccccc23)cn1.[HH]. The van der Waals surface area contributed by atoms with Crippen LogP contribution in [0.25, 0.3) is 22.0 Å². The number of amides is 1. The number of fused-ring (bicyclic) bond motifs is 2. The molecule has 7 nitrogen and oxygen atoms in total. The Morgan fingerprint density at radius 1 is 1.06 bits per heavy atom. The number of rotatable bonds is 5. The first-order chi connectivity index (χ1) is 16.9. The van der Waals surface area contributed by atoms with Crippen molar-refractivity contribution in [3.05, 3.63) is 72.4 Å². The first-order valence-corrected chi connectivity index (χ1v) is 11.0. The topological polar surface area (TPSA) is 82.6 Å². The fraction of sp³-hybridized carbons (Fsp3) is 0.192. The highest BCUT2D eigenvalue weighted by atomic mass is 19.3. The lowest BCUT2D eigenvalue weighted by atomic mass is 9.94. The number of hydrogen-bond donors (Lipinski definition) is 1. The van der Waals surface area contributed by atoms with E-state index in [-0.39, 0.29) is 18.8 Å². The number of alkyl halides is 2. The Bertz CT molecular complexity index is 1480. The van der Waals surface area contributed by atoms with Crippen molar-refractivity contribution in [2.24, 2.45) is 0 Å². The number of carbonyl (C=O) groups excluding carboxylic acids is 1. The van der Waals surface area contributed by atoms with Crippen LogP contribution in [-0.4, -0.2) is 29.3 Å². The molecule has 9 heteroatoms. The Morgan fingerprint density at radius 3 is 2.60 bits per heavy atom. The molecule has 1 aliphatic carbocycles. The average molecular weight is 477 g/mol. The average Bonchev–Trinajstić information content (AvgIpc) is 3.60. The molecule has 4 aromatic rings. The number of ether oxygens (including phenoxy) is 3. The molecule has 0 unspecified atom stereocenters. The van der Waals surface area contributed by atoms with Gasteiger partial charge in [-0.25, -0.2) is 9.97 Å². The second-order valence-electron chi connectivity index (χ2n) is 8.53. The van der Waals surface area contributed by atoms with E-state index < -0.39 is 11.7 Å². The maximum absolute atomic E-state index is 13.4. The molecule has 1 saturated carbocycles. The van der Waals surface area contributed by atoms with Gasteiger partial charge in [-0.3, -0.25) is 4.79 Å². The highest BCUT2D eigenvalue weighted by Gasteiger charge is 2.53. The van der Waals surface area contributed by atoms with Crippen LogP contribution in [0.3, 0.4) is 0 Å². The van der Waals surface area contributed by atoms with E-state index in [0.717, 1.165) is 16.3 Å². The lowest BCUT2D eigenvalue weighted by Gasteiger charge is -2.17. The molecule has 35 heavy (non-hydrogen) atoms. The molecule has 1 amide bonds. The van der Waals surface area contributed by atoms with Gasteiger partial charge in [0.1, 0.15) is 5.82 Å². The lowest BCUT2D eigenvalue weighted by Crippen LogP contribution is -2.28. The lowest BCUT2D eigenvalue weighted by molar-refractivity contribution is -0.286. The van der Waals surface area contributed by atoms with Crippen LogP contribution in [0.2, 0.25) is 0 Å². The Kier molecular flexibility index (Phi) is 4.64. The number of halogens is 2. The number of aromatic nitrogens is 2. The minimum Gasteiger partial charge on any atom is -0.481 e. The summed E-state index contributed by atoms with van der Waals surface area (Å²) in [5.41, 5.74) is 1.20. The van der Waals surface area contributed by atoms with E-state index in [4.69, 9.17) is 9.72 Å². The fourth-order valence-corrected chi connectivity index (χ4v) is 4.38. The highest BCUT2D eigenvalue weighted by Crippen LogP contribution is 2.52. The van der Waals surface area contributed by atoms with Gasteiger partial charge in [0.05, 0.1) is 18.2 Å². The van der Waals surface area contributed by atoms with Crippen molar-refractivity contribution in [1.29, 1.82) is 0 Å². The summed E-state index contributed by atoms with van der Waals surface area (Å²) >= 11 is 0. The molecule has 6 rings (SSSR count). The van der Waals surface area contributed by atoms with Crippen LogP contribution in [-0.2, 0) is 10.2 Å². The second-order valence-corrected chi connectivity index (χ2v) is 8.53. The van der Waals surface area contributed by atoms with Crippen molar-refractivity contribution in [2.45, 2.75) is 24.6 Å². The Labute approximate surface area is 200 Å². The van der Waals surface area contributed by atoms with Gasteiger partial charge in [-0.15, -0.1) is 8.78 Å². The third kappa shape index (κ3) is 3.69. The number of nitrogens with zero attached hydrogens (tertiary/aromatic N) is 2. The van der Waals surface area contributed by atoms with Gasteiger partial charge >= 0.3 is 6.29 Å². The molecule has 1 aliphatic heterocycles. The van der Waals surface area contributed by atoms with Gasteiger partial charge in [0, 0.05) is 24.6 Å². The van der Waals surface area contributed by atoms with Gasteiger partial charge < -0.3 is 19.5 Å². The second kappa shape index (κ2) is 7.63. The predicted octanol–water partition coefficient (Wildman–Crippen LogP) is 5.54. The van der Waals surface area contributed by atoms with E-state index in [2.05, 4.69) is 19.8 Å². The highest BCUT2D eigenvalue weighted by molar-refractivity contribution is 6.03. The van der Waals surface area contributed by atoms with Crippen LogP contribution >= 0.6 is 0 Å². The minimum atomic E-state index is -3.71. The van der Waals surface area contributed by atoms with Gasteiger partial charge in [-0.1, -0.05) is 30.3 Å². The third-order valence-corrected chi connectivity index (χ3v) is 6.34. The zero-order chi connectivity index (χ0) is 24.2. The van der Waals surface area contributed by atoms with Crippen LogP contribution in [0.5, 0.6) is 17.4 Å². The maximum atomic E-state index is 13.4. The number of methoxy groups -OCH3 is 1. The molecule has 178 valence electrons. The predicted molar refractivity (Wildman–Crippen MR) is 126 cm³/mol. The quantitative estimate of drug-likeness (QED) is 0.406. The number of carbonyl (C=O) groups is 1. The molecule has 1 N–H and O–H groups in total. The zero-order valence-corrected chi connectivity index (χ0v) is 18.5. The normalized spacial score (nSPS) is 16.7. The van der Waals surface area contributed by atoms with Crippen molar-refractivity contribution in [3.8, 4) is 28.6 Å². The third-order valence-electron chi connectivity index (χ3n) is 6.34. The first-order valence-electron chi connectivity index (χ1n) is 11.0. The number of nitrogens with one attached hydrogen (secondary N) is 1. The first kappa shape index (κ1) is 21.3. The van der Waals surface area contributed by atoms with Gasteiger partial charge in [-0.2, -0.15) is 0 Å². The summed E-state index contributed by atoms with van der Waals surface area (Å²) in [5.74, 6) is 0.482. The number of anilines is 1. The molecular formula is C26H21F2N3O4. The van der Waals surface area contributed by atoms with Crippen LogP contribution in [0.4, 0.5) is 14.6 Å². The molecule has 2 aromatic heterocycles. The van der Waals surface area contributed by atoms with Crippen molar-refractivity contribution in [2.75, 3.05) is 12.4 Å². The summed E-state index contributed by atoms with van der Waals surface area (Å²) in [4.78, 5) is 22.4. The van der Waals surface area contributed by atoms with Crippen LogP contribution in [0.15, 0.2) is 66.9 Å². The monoisotopic (exact) mass is 477 g/mol. The van der Waals surface area contributed by atoms with E-state index in [1.54, 1.807) is 25.4 Å². The molecule has 0 radical (unpaired) electrons. The summed E-state index contributed by atoms with van der Waals surface area (Å²) in [7, 11) is 1.55. The molecule has 3 heterocycles. The molecular weight excluding hydrogens is 456 g/mol. The van der Waals surface area contributed by atoms with Crippen molar-refractivity contribution in [1.82, 2.24) is 9.97 Å². The van der Waals surface area contributed by atoms with E-state index in [1.165, 1.54) is 12.1 Å². The number of pyridine rings is 2. The summed E-state index contributed by atoms with van der Waals surface area (Å²) in [5, 5.41) is 4.75. The Balaban J connectivity index is 0.00000267. The molecule has 0 atom stereocenters. The molecule has 2 aliphatic rings. The van der Waals surface area contributed by atoms with Gasteiger partial charge in [0.15, 0.2) is 11.5 Å². The Morgan fingerprint density at radius 2 is 1.86 bits per heavy atom. The molecule has 0 saturated heterocycles. The van der Waals surface area contributed by atoms with Crippen molar-refractivity contribution in [3.63, 3.8) is 0 Å². The molecule has 0 bridgehead atoms. The van der Waals surface area contributed by atoms with E-state index in [9.17, 15) is 13.6 Å². The fourth-order valence-electron chi connectivity index (χ4n) is 4.38. The van der Waals surface area contributed by atoms with Gasteiger partial charge in [-0.05, 0) is 48.1 Å². The van der Waals surface area contributed by atoms with E-state index >= 15 is 0 Å². The maximum Gasteiger partial charge on any atom is 0.586 e. The summed E-state index contributed by atoms with van der Waals surface area (Å²) < 4.78 is 41.1. The van der Waals surface area contributed by atoms with Gasteiger partial charge in [0.2, 0.25) is 11.8 Å². The summed E-state index contributed by atoms with van der Waals surface area (Å²) in [6, 6.07) is 17.6. The molecule has 1 fully saturated rings. The van der Waals surface area contributed by atoms with E-state index in [0.29, 0.717) is 35.8 Å². The number of hydrogen-bond acceptors (Lipinski definition) is 6. The molecule has 0 spiro atoms. The molecule has 2 aromatic carbocycles. The largest absolute Gasteiger partial charge is 0.586 e. The van der Waals surface area contributed by atoms with Crippen LogP contribution < -0.4 is 19.5 Å². The van der Waals surface area contributed by atoms with Crippen molar-refractivity contribution >= 4 is 22.5 Å². The van der Waals surface area contributed by atoms with Crippen LogP contribution in [0, 0.1) is 0 Å². The smallest absolute Gasteiger partial charge is 0.481 e. The summed E-state index contributed by atoms with van der Waals surface area (Å²) in [6.45, 7) is 0. The van der Waals surface area contributed by atoms with Crippen molar-refractivity contribution < 1.29 is 29.2 Å². The van der Waals surface area contributed by atoms with Crippen LogP contribution in [0.1, 0.15) is 19.8 Å².